The Morgan fingerprint density at radius 3 is 2.50 bits per heavy atom. The Hall–Kier alpha value is -2.07. The molecule has 0 unspecified atom stereocenters. The molecular weight excluding hydrogens is 202 g/mol. The summed E-state index contributed by atoms with van der Waals surface area (Å²) in [5, 5.41) is 26.3. The van der Waals surface area contributed by atoms with E-state index in [1.165, 1.54) is 5.57 Å². The molecule has 0 heterocycles. The van der Waals surface area contributed by atoms with E-state index in [-0.39, 0.29) is 11.5 Å². The van der Waals surface area contributed by atoms with Crippen molar-refractivity contribution in [2.45, 2.75) is 33.1 Å². The fourth-order valence-corrected chi connectivity index (χ4v) is 1.16. The average molecular weight is 218 g/mol. The number of diazo groups is 1. The van der Waals surface area contributed by atoms with Gasteiger partial charge in [0.05, 0.1) is 0 Å². The minimum atomic E-state index is -0.318. The van der Waals surface area contributed by atoms with Crippen LogP contribution in [0, 0.1) is 16.7 Å². The maximum atomic E-state index is 9.38. The number of aliphatic hydroxyl groups excluding tert-OH is 1. The van der Waals surface area contributed by atoms with Crippen LogP contribution in [-0.4, -0.2) is 5.11 Å². The highest BCUT2D eigenvalue weighted by Crippen LogP contribution is 2.16. The first kappa shape index (κ1) is 13.9. The van der Waals surface area contributed by atoms with E-state index in [4.69, 9.17) is 10.7 Å². The van der Waals surface area contributed by atoms with Crippen molar-refractivity contribution in [3.8, 4) is 6.07 Å². The Labute approximate surface area is 95.8 Å². The van der Waals surface area contributed by atoms with Crippen LogP contribution in [-0.2, 0) is 0 Å². The smallest absolute Gasteiger partial charge is 0.497 e. The predicted octanol–water partition coefficient (Wildman–Crippen LogP) is 3.83. The Balaban J connectivity index is 4.32. The molecule has 0 aromatic carbocycles. The van der Waals surface area contributed by atoms with Crippen LogP contribution in [0.15, 0.2) is 35.3 Å². The lowest BCUT2D eigenvalue weighted by atomic mass is 10.0. The molecule has 0 amide bonds. The third kappa shape index (κ3) is 4.43. The zero-order valence-electron chi connectivity index (χ0n) is 9.69. The second-order valence-electron chi connectivity index (χ2n) is 3.53. The predicted molar refractivity (Wildman–Crippen MR) is 62.8 cm³/mol. The number of nitrogens with zero attached hydrogens (tertiary/aromatic N) is 3. The Kier molecular flexibility index (Phi) is 6.31. The van der Waals surface area contributed by atoms with Crippen molar-refractivity contribution in [3.05, 3.63) is 40.2 Å². The summed E-state index contributed by atoms with van der Waals surface area (Å²) < 4.78 is 0. The molecule has 84 valence electrons. The lowest BCUT2D eigenvalue weighted by Crippen LogP contribution is -1.89. The van der Waals surface area contributed by atoms with Crippen molar-refractivity contribution >= 4 is 0 Å². The van der Waals surface area contributed by atoms with Crippen molar-refractivity contribution in [1.82, 2.24) is 0 Å². The quantitative estimate of drug-likeness (QED) is 0.330. The highest BCUT2D eigenvalue weighted by atomic mass is 16.3. The molecule has 1 N–H and O–H groups in total. The van der Waals surface area contributed by atoms with Crippen LogP contribution in [0.3, 0.4) is 0 Å². The van der Waals surface area contributed by atoms with E-state index in [1.54, 1.807) is 12.1 Å². The van der Waals surface area contributed by atoms with Gasteiger partial charge in [0.1, 0.15) is 0 Å². The molecule has 4 nitrogen and oxygen atoms in total. The molecule has 0 aliphatic heterocycles. The lowest BCUT2D eigenvalue weighted by Gasteiger charge is -2.02. The topological polar surface area (TPSA) is 72.2 Å². The first-order valence-electron chi connectivity index (χ1n) is 5.02. The van der Waals surface area contributed by atoms with Gasteiger partial charge in [-0.2, -0.15) is 5.26 Å². The zero-order chi connectivity index (χ0) is 12.6. The molecule has 0 saturated carbocycles. The molecular formula is C12H16N3O+. The summed E-state index contributed by atoms with van der Waals surface area (Å²) in [5.41, 5.74) is 2.00. The molecule has 0 aliphatic rings. The molecule has 0 aliphatic carbocycles. The molecule has 0 spiro atoms. The van der Waals surface area contributed by atoms with Gasteiger partial charge in [0, 0.05) is 6.42 Å². The number of rotatable bonds is 5. The summed E-state index contributed by atoms with van der Waals surface area (Å²) in [6, 6.07) is 1.61. The zero-order valence-corrected chi connectivity index (χ0v) is 9.69. The molecule has 0 bridgehead atoms. The summed E-state index contributed by atoms with van der Waals surface area (Å²) in [7, 11) is 0. The van der Waals surface area contributed by atoms with Crippen LogP contribution < -0.4 is 0 Å². The van der Waals surface area contributed by atoms with Gasteiger partial charge in [-0.15, -0.1) is 0 Å². The maximum Gasteiger partial charge on any atom is 0.497 e. The van der Waals surface area contributed by atoms with Crippen LogP contribution >= 0.6 is 0 Å². The Morgan fingerprint density at radius 1 is 1.44 bits per heavy atom. The fourth-order valence-electron chi connectivity index (χ4n) is 1.16. The first-order chi connectivity index (χ1) is 7.56. The summed E-state index contributed by atoms with van der Waals surface area (Å²) in [5.74, 6) is -0.172. The number of aliphatic hydroxyl groups is 1. The molecule has 0 rings (SSSR count). The number of allylic oxidation sites excluding steroid dienone is 5. The van der Waals surface area contributed by atoms with Crippen LogP contribution in [0.1, 0.15) is 33.1 Å². The normalized spacial score (nSPS) is 13.0. The third-order valence-corrected chi connectivity index (χ3v) is 2.42. The van der Waals surface area contributed by atoms with Crippen LogP contribution in [0.5, 0.6) is 0 Å². The van der Waals surface area contributed by atoms with Gasteiger partial charge in [0.2, 0.25) is 11.2 Å². The standard InChI is InChI=1S/C12H15N3O/c1-4-9(2)10(3)6-5-7-12(16)11(8-13)15-14/h4H,1,5-7H2,2-3H3/p+1/b10-9-,12-11+. The van der Waals surface area contributed by atoms with E-state index in [9.17, 15) is 5.11 Å². The Morgan fingerprint density at radius 2 is 2.06 bits per heavy atom. The minimum absolute atomic E-state index is 0.172. The van der Waals surface area contributed by atoms with Gasteiger partial charge in [-0.1, -0.05) is 23.8 Å². The van der Waals surface area contributed by atoms with Crippen LogP contribution in [0.2, 0.25) is 0 Å². The number of nitriles is 1. The van der Waals surface area contributed by atoms with Gasteiger partial charge in [0.15, 0.2) is 11.0 Å². The van der Waals surface area contributed by atoms with E-state index >= 15 is 0 Å². The van der Waals surface area contributed by atoms with Gasteiger partial charge < -0.3 is 5.11 Å². The molecule has 0 saturated heterocycles. The second-order valence-corrected chi connectivity index (χ2v) is 3.53. The molecule has 4 heteroatoms. The van der Waals surface area contributed by atoms with Gasteiger partial charge in [-0.3, -0.25) is 0 Å². The maximum absolute atomic E-state index is 9.38. The molecule has 0 aromatic rings. The largest absolute Gasteiger partial charge is 0.504 e. The molecule has 0 aromatic heterocycles. The van der Waals surface area contributed by atoms with Crippen molar-refractivity contribution in [2.75, 3.05) is 0 Å². The van der Waals surface area contributed by atoms with Crippen LogP contribution in [0.4, 0.5) is 0 Å². The highest BCUT2D eigenvalue weighted by Gasteiger charge is 2.16. The average Bonchev–Trinajstić information content (AvgIpc) is 2.29. The SMILES string of the molecule is C=C/C(C)=C(/C)CCC/C(O)=C(/C#N)[N+]#N. The second kappa shape index (κ2) is 7.25. The molecule has 0 atom stereocenters. The van der Waals surface area contributed by atoms with Crippen molar-refractivity contribution in [3.63, 3.8) is 0 Å². The highest BCUT2D eigenvalue weighted by molar-refractivity contribution is 5.29. The summed E-state index contributed by atoms with van der Waals surface area (Å²) in [4.78, 5) is 2.70. The van der Waals surface area contributed by atoms with E-state index in [0.717, 1.165) is 12.0 Å². The fraction of sp³-hybridized carbons (Fsp3) is 0.417. The number of hydrogen-bond donors (Lipinski definition) is 1. The first-order valence-corrected chi connectivity index (χ1v) is 5.02. The summed E-state index contributed by atoms with van der Waals surface area (Å²) in [6.45, 7) is 7.65. The number of hydrogen-bond acceptors (Lipinski definition) is 3. The third-order valence-electron chi connectivity index (χ3n) is 2.42. The van der Waals surface area contributed by atoms with Crippen molar-refractivity contribution in [2.24, 2.45) is 0 Å². The van der Waals surface area contributed by atoms with E-state index in [2.05, 4.69) is 11.6 Å². The van der Waals surface area contributed by atoms with Crippen LogP contribution in [0.25, 0.3) is 4.98 Å². The lowest BCUT2D eigenvalue weighted by molar-refractivity contribution is 0.380. The van der Waals surface area contributed by atoms with Crippen molar-refractivity contribution < 1.29 is 5.11 Å². The summed E-state index contributed by atoms with van der Waals surface area (Å²) >= 11 is 0. The monoisotopic (exact) mass is 218 g/mol. The minimum Gasteiger partial charge on any atom is -0.504 e. The van der Waals surface area contributed by atoms with Crippen molar-refractivity contribution in [1.29, 1.82) is 10.7 Å². The molecule has 0 fully saturated rings. The Bertz CT molecular complexity index is 389. The van der Waals surface area contributed by atoms with E-state index < -0.39 is 0 Å². The van der Waals surface area contributed by atoms with Gasteiger partial charge >= 0.3 is 5.70 Å². The summed E-state index contributed by atoms with van der Waals surface area (Å²) in [6.07, 6.45) is 3.62. The molecule has 0 radical (unpaired) electrons. The van der Waals surface area contributed by atoms with E-state index in [1.807, 2.05) is 13.8 Å². The van der Waals surface area contributed by atoms with Gasteiger partial charge in [-0.05, 0) is 26.7 Å². The van der Waals surface area contributed by atoms with E-state index in [0.29, 0.717) is 12.8 Å². The molecule has 16 heavy (non-hydrogen) atoms. The van der Waals surface area contributed by atoms with Gasteiger partial charge in [0.25, 0.3) is 0 Å². The van der Waals surface area contributed by atoms with Gasteiger partial charge in [-0.25, -0.2) is 0 Å².